The number of nitrogens with one attached hydrogen (secondary N) is 1. The Hall–Kier alpha value is -1.55. The maximum atomic E-state index is 12.0. The van der Waals surface area contributed by atoms with Gasteiger partial charge in [0.05, 0.1) is 5.56 Å². The highest BCUT2D eigenvalue weighted by Gasteiger charge is 2.23. The fourth-order valence-corrected chi connectivity index (χ4v) is 2.55. The second kappa shape index (κ2) is 5.87. The molecule has 0 saturated carbocycles. The van der Waals surface area contributed by atoms with Gasteiger partial charge in [0.2, 0.25) is 0 Å². The number of likely N-dealkylation sites (tertiary alicyclic amines) is 1. The van der Waals surface area contributed by atoms with Gasteiger partial charge in [-0.1, -0.05) is 19.1 Å². The van der Waals surface area contributed by atoms with E-state index in [9.17, 15) is 4.79 Å². The first-order valence-electron chi connectivity index (χ1n) is 6.59. The van der Waals surface area contributed by atoms with Crippen molar-refractivity contribution in [3.63, 3.8) is 0 Å². The fraction of sp³-hybridized carbons (Fsp3) is 0.500. The molecule has 1 aliphatic rings. The molecule has 1 unspecified atom stereocenters. The van der Waals surface area contributed by atoms with Gasteiger partial charge >= 0.3 is 0 Å². The van der Waals surface area contributed by atoms with E-state index in [1.165, 1.54) is 12.8 Å². The number of hydrogen-bond acceptors (Lipinski definition) is 3. The van der Waals surface area contributed by atoms with Crippen molar-refractivity contribution >= 4 is 11.6 Å². The Bertz CT molecular complexity index is 419. The first-order valence-corrected chi connectivity index (χ1v) is 6.59. The molecule has 1 saturated heterocycles. The van der Waals surface area contributed by atoms with Gasteiger partial charge in [-0.15, -0.1) is 0 Å². The number of nitrogen functional groups attached to an aromatic ring is 1. The number of amides is 1. The lowest BCUT2D eigenvalue weighted by Crippen LogP contribution is -2.40. The maximum absolute atomic E-state index is 12.0. The van der Waals surface area contributed by atoms with Gasteiger partial charge in [0.15, 0.2) is 0 Å². The van der Waals surface area contributed by atoms with Gasteiger partial charge < -0.3 is 11.1 Å². The molecule has 2 rings (SSSR count). The third-order valence-corrected chi connectivity index (χ3v) is 3.61. The highest BCUT2D eigenvalue weighted by atomic mass is 16.1. The summed E-state index contributed by atoms with van der Waals surface area (Å²) < 4.78 is 0. The lowest BCUT2D eigenvalue weighted by atomic mass is 10.1. The molecule has 1 fully saturated rings. The van der Waals surface area contributed by atoms with E-state index in [1.807, 2.05) is 12.1 Å². The molecule has 1 heterocycles. The molecule has 1 amide bonds. The van der Waals surface area contributed by atoms with Crippen LogP contribution in [-0.2, 0) is 0 Å². The van der Waals surface area contributed by atoms with E-state index in [4.69, 9.17) is 5.73 Å². The summed E-state index contributed by atoms with van der Waals surface area (Å²) in [5.74, 6) is -0.0731. The number of rotatable bonds is 4. The number of nitrogens with two attached hydrogens (primary N) is 1. The average Bonchev–Trinajstić information content (AvgIpc) is 2.84. The predicted molar refractivity (Wildman–Crippen MR) is 73.5 cm³/mol. The third-order valence-electron chi connectivity index (χ3n) is 3.61. The molecule has 18 heavy (non-hydrogen) atoms. The molecule has 1 aromatic carbocycles. The molecule has 0 radical (unpaired) electrons. The van der Waals surface area contributed by atoms with E-state index in [1.54, 1.807) is 12.1 Å². The predicted octanol–water partition coefficient (Wildman–Crippen LogP) is 1.48. The van der Waals surface area contributed by atoms with E-state index in [0.29, 0.717) is 23.8 Å². The van der Waals surface area contributed by atoms with Crippen LogP contribution in [0.25, 0.3) is 0 Å². The van der Waals surface area contributed by atoms with Crippen LogP contribution >= 0.6 is 0 Å². The molecule has 4 nitrogen and oxygen atoms in total. The number of carbonyl (C=O) groups excluding carboxylic acids is 1. The summed E-state index contributed by atoms with van der Waals surface area (Å²) in [5.41, 5.74) is 6.89. The summed E-state index contributed by atoms with van der Waals surface area (Å²) in [6.45, 7) is 5.06. The zero-order valence-electron chi connectivity index (χ0n) is 10.9. The lowest BCUT2D eigenvalue weighted by molar-refractivity contribution is 0.0942. The fourth-order valence-electron chi connectivity index (χ4n) is 2.55. The Morgan fingerprint density at radius 3 is 3.00 bits per heavy atom. The number of carbonyl (C=O) groups is 1. The van der Waals surface area contributed by atoms with Crippen LogP contribution in [0.1, 0.15) is 30.1 Å². The van der Waals surface area contributed by atoms with Gasteiger partial charge in [0, 0.05) is 18.3 Å². The molecule has 1 aromatic rings. The van der Waals surface area contributed by atoms with Crippen molar-refractivity contribution in [3.8, 4) is 0 Å². The van der Waals surface area contributed by atoms with Crippen molar-refractivity contribution in [3.05, 3.63) is 29.8 Å². The monoisotopic (exact) mass is 247 g/mol. The molecule has 98 valence electrons. The van der Waals surface area contributed by atoms with E-state index >= 15 is 0 Å². The standard InChI is InChI=1S/C14H21N3O/c1-2-17-9-5-6-11(17)10-16-14(18)12-7-3-4-8-13(12)15/h3-4,7-8,11H,2,5-6,9-10,15H2,1H3,(H,16,18). The second-order valence-corrected chi connectivity index (χ2v) is 4.72. The highest BCUT2D eigenvalue weighted by molar-refractivity contribution is 5.99. The van der Waals surface area contributed by atoms with Crippen LogP contribution in [0.15, 0.2) is 24.3 Å². The minimum atomic E-state index is -0.0731. The van der Waals surface area contributed by atoms with Gasteiger partial charge in [-0.25, -0.2) is 0 Å². The topological polar surface area (TPSA) is 58.4 Å². The van der Waals surface area contributed by atoms with Crippen LogP contribution in [0.3, 0.4) is 0 Å². The van der Waals surface area contributed by atoms with E-state index < -0.39 is 0 Å². The molecule has 0 aliphatic carbocycles. The van der Waals surface area contributed by atoms with Crippen LogP contribution in [0, 0.1) is 0 Å². The van der Waals surface area contributed by atoms with Gasteiger partial charge in [0.25, 0.3) is 5.91 Å². The van der Waals surface area contributed by atoms with E-state index in [2.05, 4.69) is 17.1 Å². The highest BCUT2D eigenvalue weighted by Crippen LogP contribution is 2.16. The van der Waals surface area contributed by atoms with Crippen molar-refractivity contribution in [1.29, 1.82) is 0 Å². The SMILES string of the molecule is CCN1CCCC1CNC(=O)c1ccccc1N. The average molecular weight is 247 g/mol. The molecule has 0 aromatic heterocycles. The maximum Gasteiger partial charge on any atom is 0.253 e. The van der Waals surface area contributed by atoms with Crippen LogP contribution in [0.4, 0.5) is 5.69 Å². The largest absolute Gasteiger partial charge is 0.398 e. The summed E-state index contributed by atoms with van der Waals surface area (Å²) in [7, 11) is 0. The molecule has 0 bridgehead atoms. The summed E-state index contributed by atoms with van der Waals surface area (Å²) >= 11 is 0. The Balaban J connectivity index is 1.91. The van der Waals surface area contributed by atoms with Crippen LogP contribution in [0.2, 0.25) is 0 Å². The van der Waals surface area contributed by atoms with Crippen molar-refractivity contribution in [2.75, 3.05) is 25.4 Å². The van der Waals surface area contributed by atoms with Crippen molar-refractivity contribution in [2.45, 2.75) is 25.8 Å². The molecular formula is C14H21N3O. The van der Waals surface area contributed by atoms with Crippen LogP contribution < -0.4 is 11.1 Å². The quantitative estimate of drug-likeness (QED) is 0.792. The lowest BCUT2D eigenvalue weighted by Gasteiger charge is -2.23. The van der Waals surface area contributed by atoms with E-state index in [-0.39, 0.29) is 5.91 Å². The number of hydrogen-bond donors (Lipinski definition) is 2. The Kier molecular flexibility index (Phi) is 4.20. The van der Waals surface area contributed by atoms with Crippen molar-refractivity contribution in [2.24, 2.45) is 0 Å². The summed E-state index contributed by atoms with van der Waals surface area (Å²) in [6.07, 6.45) is 2.39. The van der Waals surface area contributed by atoms with Crippen molar-refractivity contribution in [1.82, 2.24) is 10.2 Å². The number of para-hydroxylation sites is 1. The normalized spacial score (nSPS) is 19.9. The number of anilines is 1. The molecule has 1 aliphatic heterocycles. The number of benzene rings is 1. The molecular weight excluding hydrogens is 226 g/mol. The molecule has 3 N–H and O–H groups in total. The first-order chi connectivity index (χ1) is 8.72. The minimum Gasteiger partial charge on any atom is -0.398 e. The van der Waals surface area contributed by atoms with Crippen molar-refractivity contribution < 1.29 is 4.79 Å². The smallest absolute Gasteiger partial charge is 0.253 e. The summed E-state index contributed by atoms with van der Waals surface area (Å²) in [5, 5.41) is 2.99. The Morgan fingerprint density at radius 1 is 1.50 bits per heavy atom. The third kappa shape index (κ3) is 2.82. The zero-order chi connectivity index (χ0) is 13.0. The minimum absolute atomic E-state index is 0.0731. The van der Waals surface area contributed by atoms with Gasteiger partial charge in [-0.3, -0.25) is 9.69 Å². The number of nitrogens with zero attached hydrogens (tertiary/aromatic N) is 1. The molecule has 1 atom stereocenters. The molecule has 0 spiro atoms. The van der Waals surface area contributed by atoms with Gasteiger partial charge in [-0.05, 0) is 38.1 Å². The van der Waals surface area contributed by atoms with Crippen LogP contribution in [0.5, 0.6) is 0 Å². The zero-order valence-corrected chi connectivity index (χ0v) is 10.9. The Morgan fingerprint density at radius 2 is 2.28 bits per heavy atom. The van der Waals surface area contributed by atoms with Gasteiger partial charge in [-0.2, -0.15) is 0 Å². The first kappa shape index (κ1) is 12.9. The summed E-state index contributed by atoms with van der Waals surface area (Å²) in [6, 6.07) is 7.66. The number of likely N-dealkylation sites (N-methyl/N-ethyl adjacent to an activating group) is 1. The van der Waals surface area contributed by atoms with Gasteiger partial charge in [0.1, 0.15) is 0 Å². The van der Waals surface area contributed by atoms with Crippen LogP contribution in [-0.4, -0.2) is 36.5 Å². The summed E-state index contributed by atoms with van der Waals surface area (Å²) in [4.78, 5) is 14.4. The Labute approximate surface area is 108 Å². The second-order valence-electron chi connectivity index (χ2n) is 4.72. The molecule has 4 heteroatoms. The van der Waals surface area contributed by atoms with E-state index in [0.717, 1.165) is 13.1 Å².